The Balaban J connectivity index is 0.000000127. The largest absolute Gasteiger partial charge is 0.277 e. The average Bonchev–Trinajstić information content (AvgIpc) is 2.94. The van der Waals surface area contributed by atoms with Gasteiger partial charge in [-0.3, -0.25) is 20.2 Å². The summed E-state index contributed by atoms with van der Waals surface area (Å²) in [6, 6.07) is 34.8. The van der Waals surface area contributed by atoms with Gasteiger partial charge in [0.2, 0.25) is 0 Å². The van der Waals surface area contributed by atoms with Crippen LogP contribution in [0.25, 0.3) is 64.6 Å². The molecule has 0 N–H and O–H groups in total. The lowest BCUT2D eigenvalue weighted by atomic mass is 9.94. The number of non-ortho nitro benzene ring substituents is 2. The van der Waals surface area contributed by atoms with Crippen LogP contribution in [0.15, 0.2) is 109 Å². The maximum Gasteiger partial charge on any atom is 0.277 e. The summed E-state index contributed by atoms with van der Waals surface area (Å²) in [6.07, 6.45) is 0. The van der Waals surface area contributed by atoms with Crippen molar-refractivity contribution < 1.29 is 9.85 Å². The molecular formula is C32H18N2O4. The van der Waals surface area contributed by atoms with E-state index in [0.717, 1.165) is 53.9 Å². The van der Waals surface area contributed by atoms with Crippen molar-refractivity contribution in [3.05, 3.63) is 129 Å². The minimum atomic E-state index is -0.314. The van der Waals surface area contributed by atoms with E-state index in [1.165, 1.54) is 0 Å². The molecule has 6 nitrogen and oxygen atoms in total. The molecule has 0 atom stereocenters. The van der Waals surface area contributed by atoms with Gasteiger partial charge in [-0.1, -0.05) is 72.8 Å². The Labute approximate surface area is 215 Å². The van der Waals surface area contributed by atoms with Gasteiger partial charge in [0.25, 0.3) is 11.4 Å². The summed E-state index contributed by atoms with van der Waals surface area (Å²) in [5.74, 6) is 0. The van der Waals surface area contributed by atoms with Crippen molar-refractivity contribution in [1.29, 1.82) is 0 Å². The zero-order chi connectivity index (χ0) is 26.0. The van der Waals surface area contributed by atoms with Crippen LogP contribution in [-0.4, -0.2) is 9.85 Å². The third-order valence-corrected chi connectivity index (χ3v) is 7.40. The van der Waals surface area contributed by atoms with Gasteiger partial charge in [0.05, 0.1) is 20.6 Å². The standard InChI is InChI=1S/2C16H9NO2/c2*18-17(19)14-9-7-12-5-4-10-2-1-3-11-6-8-13(14)16(12)15(10)11/h2*1-9H. The molecule has 0 heterocycles. The summed E-state index contributed by atoms with van der Waals surface area (Å²) in [5, 5.41) is 34.5. The monoisotopic (exact) mass is 494 g/mol. The molecule has 0 spiro atoms. The molecule has 8 aromatic carbocycles. The van der Waals surface area contributed by atoms with Crippen LogP contribution in [0.1, 0.15) is 0 Å². The van der Waals surface area contributed by atoms with Crippen molar-refractivity contribution in [3.8, 4) is 0 Å². The lowest BCUT2D eigenvalue weighted by Gasteiger charge is -2.10. The third-order valence-electron chi connectivity index (χ3n) is 7.40. The highest BCUT2D eigenvalue weighted by atomic mass is 16.6. The first-order valence-corrected chi connectivity index (χ1v) is 12.1. The van der Waals surface area contributed by atoms with Crippen LogP contribution >= 0.6 is 0 Å². The Morgan fingerprint density at radius 1 is 0.368 bits per heavy atom. The van der Waals surface area contributed by atoms with Gasteiger partial charge >= 0.3 is 0 Å². The molecule has 0 aliphatic rings. The molecule has 6 heteroatoms. The summed E-state index contributed by atoms with van der Waals surface area (Å²) < 4.78 is 0. The molecule has 8 aromatic rings. The molecule has 38 heavy (non-hydrogen) atoms. The van der Waals surface area contributed by atoms with Crippen LogP contribution in [0, 0.1) is 20.2 Å². The summed E-state index contributed by atoms with van der Waals surface area (Å²) >= 11 is 0. The van der Waals surface area contributed by atoms with Crippen LogP contribution < -0.4 is 0 Å². The fourth-order valence-electron chi connectivity index (χ4n) is 5.76. The molecule has 0 aliphatic carbocycles. The smallest absolute Gasteiger partial charge is 0.258 e. The van der Waals surface area contributed by atoms with E-state index < -0.39 is 0 Å². The molecule has 0 amide bonds. The minimum absolute atomic E-state index is 0.172. The van der Waals surface area contributed by atoms with Crippen molar-refractivity contribution in [3.63, 3.8) is 0 Å². The number of nitro benzene ring substituents is 2. The van der Waals surface area contributed by atoms with Gasteiger partial charge in [-0.15, -0.1) is 0 Å². The van der Waals surface area contributed by atoms with Crippen molar-refractivity contribution in [2.24, 2.45) is 0 Å². The molecule has 0 aromatic heterocycles. The number of benzene rings is 8. The van der Waals surface area contributed by atoms with Gasteiger partial charge in [0.1, 0.15) is 0 Å². The van der Waals surface area contributed by atoms with E-state index in [-0.39, 0.29) is 21.2 Å². The normalized spacial score (nSPS) is 11.6. The van der Waals surface area contributed by atoms with Gasteiger partial charge in [-0.05, 0) is 67.4 Å². The summed E-state index contributed by atoms with van der Waals surface area (Å²) in [7, 11) is 0. The second-order valence-corrected chi connectivity index (χ2v) is 9.40. The van der Waals surface area contributed by atoms with E-state index >= 15 is 0 Å². The lowest BCUT2D eigenvalue weighted by molar-refractivity contribution is -0.383. The van der Waals surface area contributed by atoms with E-state index in [1.54, 1.807) is 12.1 Å². The fraction of sp³-hybridized carbons (Fsp3) is 0. The van der Waals surface area contributed by atoms with Crippen LogP contribution in [0.5, 0.6) is 0 Å². The predicted molar refractivity (Wildman–Crippen MR) is 154 cm³/mol. The summed E-state index contributed by atoms with van der Waals surface area (Å²) in [6.45, 7) is 0. The van der Waals surface area contributed by atoms with E-state index in [1.807, 2.05) is 84.9 Å². The van der Waals surface area contributed by atoms with Crippen LogP contribution in [0.4, 0.5) is 11.4 Å². The quantitative estimate of drug-likeness (QED) is 0.136. The van der Waals surface area contributed by atoms with Gasteiger partial charge in [-0.25, -0.2) is 0 Å². The third kappa shape index (κ3) is 3.14. The lowest BCUT2D eigenvalue weighted by Crippen LogP contribution is -1.91. The summed E-state index contributed by atoms with van der Waals surface area (Å²) in [5.41, 5.74) is 0.344. The number of hydrogen-bond donors (Lipinski definition) is 0. The first-order valence-electron chi connectivity index (χ1n) is 12.1. The molecule has 0 saturated carbocycles. The zero-order valence-electron chi connectivity index (χ0n) is 19.9. The van der Waals surface area contributed by atoms with E-state index in [9.17, 15) is 20.2 Å². The van der Waals surface area contributed by atoms with Crippen molar-refractivity contribution in [1.82, 2.24) is 0 Å². The SMILES string of the molecule is O=[N+]([O-])c1ccc2ccc3cccc4ccc1c2c34.O=[N+]([O-])c1ccc2ccc3cccc4ccc1c2c34. The van der Waals surface area contributed by atoms with Gasteiger partial charge < -0.3 is 0 Å². The number of nitrogens with zero attached hydrogens (tertiary/aromatic N) is 2. The highest BCUT2D eigenvalue weighted by molar-refractivity contribution is 6.25. The molecule has 0 aliphatic heterocycles. The Morgan fingerprint density at radius 2 is 0.658 bits per heavy atom. The van der Waals surface area contributed by atoms with E-state index in [2.05, 4.69) is 12.1 Å². The highest BCUT2D eigenvalue weighted by Gasteiger charge is 2.17. The maximum atomic E-state index is 11.2. The molecular weight excluding hydrogens is 476 g/mol. The molecule has 0 bridgehead atoms. The molecule has 0 unspecified atom stereocenters. The molecule has 0 saturated heterocycles. The van der Waals surface area contributed by atoms with Gasteiger partial charge in [-0.2, -0.15) is 0 Å². The highest BCUT2D eigenvalue weighted by Crippen LogP contribution is 2.39. The Hall–Kier alpha value is -5.36. The predicted octanol–water partition coefficient (Wildman–Crippen LogP) is 8.98. The Morgan fingerprint density at radius 3 is 1.00 bits per heavy atom. The summed E-state index contributed by atoms with van der Waals surface area (Å²) in [4.78, 5) is 21.7. The molecule has 0 radical (unpaired) electrons. The second-order valence-electron chi connectivity index (χ2n) is 9.40. The number of nitro groups is 2. The minimum Gasteiger partial charge on any atom is -0.258 e. The maximum absolute atomic E-state index is 11.2. The van der Waals surface area contributed by atoms with Gasteiger partial charge in [0.15, 0.2) is 0 Å². The first-order chi connectivity index (χ1) is 18.5. The van der Waals surface area contributed by atoms with Crippen LogP contribution in [0.3, 0.4) is 0 Å². The van der Waals surface area contributed by atoms with Crippen molar-refractivity contribution >= 4 is 76.0 Å². The second kappa shape index (κ2) is 8.08. The molecule has 0 fully saturated rings. The van der Waals surface area contributed by atoms with Crippen LogP contribution in [0.2, 0.25) is 0 Å². The van der Waals surface area contributed by atoms with E-state index in [0.29, 0.717) is 10.8 Å². The zero-order valence-corrected chi connectivity index (χ0v) is 19.9. The van der Waals surface area contributed by atoms with Crippen molar-refractivity contribution in [2.45, 2.75) is 0 Å². The fourth-order valence-corrected chi connectivity index (χ4v) is 5.76. The topological polar surface area (TPSA) is 86.3 Å². The van der Waals surface area contributed by atoms with Gasteiger partial charge in [0, 0.05) is 22.9 Å². The van der Waals surface area contributed by atoms with Crippen LogP contribution in [-0.2, 0) is 0 Å². The first kappa shape index (κ1) is 21.9. The van der Waals surface area contributed by atoms with Crippen molar-refractivity contribution in [2.75, 3.05) is 0 Å². The number of rotatable bonds is 2. The number of hydrogen-bond acceptors (Lipinski definition) is 4. The molecule has 8 rings (SSSR count). The Bertz CT molecular complexity index is 2010. The van der Waals surface area contributed by atoms with E-state index in [4.69, 9.17) is 0 Å². The molecule has 180 valence electrons. The average molecular weight is 495 g/mol. The Kier molecular flexibility index (Phi) is 4.65.